The smallest absolute Gasteiger partial charge is 0.247 e. The summed E-state index contributed by atoms with van der Waals surface area (Å²) in [5.74, 6) is -0.487. The van der Waals surface area contributed by atoms with E-state index < -0.39 is 0 Å². The number of imide groups is 1. The maximum Gasteiger partial charge on any atom is 0.247 e. The van der Waals surface area contributed by atoms with Gasteiger partial charge in [0.05, 0.1) is 25.6 Å². The molecule has 24 heavy (non-hydrogen) atoms. The Morgan fingerprint density at radius 1 is 1.12 bits per heavy atom. The Bertz CT molecular complexity index is 600. The van der Waals surface area contributed by atoms with E-state index in [1.165, 1.54) is 17.0 Å². The van der Waals surface area contributed by atoms with Crippen molar-refractivity contribution in [1.29, 1.82) is 0 Å². The van der Waals surface area contributed by atoms with E-state index in [1.54, 1.807) is 19.2 Å². The fourth-order valence-electron chi connectivity index (χ4n) is 3.31. The Labute approximate surface area is 140 Å². The van der Waals surface area contributed by atoms with E-state index in [1.807, 2.05) is 0 Å². The van der Waals surface area contributed by atoms with Gasteiger partial charge in [-0.25, -0.2) is 4.39 Å². The number of carbonyl (C=O) groups excluding carboxylic acids is 2. The lowest BCUT2D eigenvalue weighted by Crippen LogP contribution is -2.52. The zero-order chi connectivity index (χ0) is 17.1. The molecular weight excluding hydrogens is 313 g/mol. The molecule has 2 amide bonds. The first-order valence-electron chi connectivity index (χ1n) is 8.18. The molecule has 2 heterocycles. The van der Waals surface area contributed by atoms with Crippen LogP contribution in [0.5, 0.6) is 0 Å². The van der Waals surface area contributed by atoms with Crippen LogP contribution in [-0.4, -0.2) is 74.1 Å². The maximum atomic E-state index is 13.0. The summed E-state index contributed by atoms with van der Waals surface area (Å²) in [7, 11) is 1.55. The Hall–Kier alpha value is -1.99. The third kappa shape index (κ3) is 3.42. The molecule has 0 aliphatic carbocycles. The average molecular weight is 335 g/mol. The van der Waals surface area contributed by atoms with Crippen molar-refractivity contribution in [3.05, 3.63) is 30.1 Å². The normalized spacial score (nSPS) is 22.5. The van der Waals surface area contributed by atoms with Gasteiger partial charge < -0.3 is 9.64 Å². The number of hydrogen-bond acceptors (Lipinski definition) is 5. The monoisotopic (exact) mass is 335 g/mol. The van der Waals surface area contributed by atoms with Crippen molar-refractivity contribution < 1.29 is 18.7 Å². The average Bonchev–Trinajstić information content (AvgIpc) is 2.88. The number of ether oxygens (including phenoxy) is 1. The van der Waals surface area contributed by atoms with E-state index in [4.69, 9.17) is 4.74 Å². The van der Waals surface area contributed by atoms with Gasteiger partial charge in [0.2, 0.25) is 11.8 Å². The van der Waals surface area contributed by atoms with Gasteiger partial charge in [-0.1, -0.05) is 0 Å². The lowest BCUT2D eigenvalue weighted by molar-refractivity contribution is -0.140. The number of rotatable bonds is 5. The van der Waals surface area contributed by atoms with Crippen molar-refractivity contribution >= 4 is 17.5 Å². The minimum Gasteiger partial charge on any atom is -0.383 e. The van der Waals surface area contributed by atoms with Gasteiger partial charge in [-0.2, -0.15) is 0 Å². The second kappa shape index (κ2) is 7.27. The van der Waals surface area contributed by atoms with Gasteiger partial charge in [-0.3, -0.25) is 19.4 Å². The molecule has 1 atom stereocenters. The number of likely N-dealkylation sites (tertiary alicyclic amines) is 1. The summed E-state index contributed by atoms with van der Waals surface area (Å²) >= 11 is 0. The van der Waals surface area contributed by atoms with Crippen LogP contribution in [0.3, 0.4) is 0 Å². The third-order valence-corrected chi connectivity index (χ3v) is 4.69. The minimum atomic E-state index is -0.357. The van der Waals surface area contributed by atoms with Crippen LogP contribution in [-0.2, 0) is 14.3 Å². The number of nitrogens with zero attached hydrogens (tertiary/aromatic N) is 3. The van der Waals surface area contributed by atoms with Crippen LogP contribution in [0.15, 0.2) is 24.3 Å². The van der Waals surface area contributed by atoms with Gasteiger partial charge in [0.25, 0.3) is 0 Å². The summed E-state index contributed by atoms with van der Waals surface area (Å²) in [5.41, 5.74) is 0.978. The Kier molecular flexibility index (Phi) is 5.11. The van der Waals surface area contributed by atoms with Gasteiger partial charge in [-0.05, 0) is 24.3 Å². The number of benzene rings is 1. The number of hydrogen-bond donors (Lipinski definition) is 0. The summed E-state index contributed by atoms with van der Waals surface area (Å²) in [5, 5.41) is 0. The molecule has 3 rings (SSSR count). The fourth-order valence-corrected chi connectivity index (χ4v) is 3.31. The Morgan fingerprint density at radius 2 is 1.79 bits per heavy atom. The molecular formula is C17H22FN3O3. The van der Waals surface area contributed by atoms with E-state index in [9.17, 15) is 14.0 Å². The van der Waals surface area contributed by atoms with Crippen LogP contribution in [0.2, 0.25) is 0 Å². The molecule has 0 spiro atoms. The van der Waals surface area contributed by atoms with E-state index in [0.29, 0.717) is 26.2 Å². The summed E-state index contributed by atoms with van der Waals surface area (Å²) in [6.45, 7) is 3.60. The molecule has 1 aromatic carbocycles. The highest BCUT2D eigenvalue weighted by Crippen LogP contribution is 2.22. The van der Waals surface area contributed by atoms with Crippen molar-refractivity contribution in [2.45, 2.75) is 12.5 Å². The standard InChI is InChI=1S/C17H22FN3O3/c1-24-11-10-21-16(22)12-15(17(21)23)20-8-6-19(7-9-20)14-4-2-13(18)3-5-14/h2-5,15H,6-12H2,1H3/t15-/m1/s1. The topological polar surface area (TPSA) is 53.1 Å². The molecule has 7 heteroatoms. The zero-order valence-electron chi connectivity index (χ0n) is 13.8. The van der Waals surface area contributed by atoms with Gasteiger partial charge >= 0.3 is 0 Å². The molecule has 0 radical (unpaired) electrons. The highest BCUT2D eigenvalue weighted by Gasteiger charge is 2.42. The van der Waals surface area contributed by atoms with Crippen LogP contribution in [0.1, 0.15) is 6.42 Å². The van der Waals surface area contributed by atoms with Crippen LogP contribution >= 0.6 is 0 Å². The molecule has 2 fully saturated rings. The molecule has 2 saturated heterocycles. The van der Waals surface area contributed by atoms with Crippen molar-refractivity contribution in [2.24, 2.45) is 0 Å². The quantitative estimate of drug-likeness (QED) is 0.742. The number of amides is 2. The van der Waals surface area contributed by atoms with Gasteiger partial charge in [0.1, 0.15) is 5.82 Å². The molecule has 130 valence electrons. The van der Waals surface area contributed by atoms with E-state index in [2.05, 4.69) is 9.80 Å². The van der Waals surface area contributed by atoms with Crippen LogP contribution < -0.4 is 4.90 Å². The van der Waals surface area contributed by atoms with E-state index >= 15 is 0 Å². The molecule has 0 N–H and O–H groups in total. The maximum absolute atomic E-state index is 13.0. The lowest BCUT2D eigenvalue weighted by Gasteiger charge is -2.38. The van der Waals surface area contributed by atoms with Gasteiger partial charge in [0, 0.05) is 39.0 Å². The summed E-state index contributed by atoms with van der Waals surface area (Å²) < 4.78 is 18.0. The van der Waals surface area contributed by atoms with Crippen molar-refractivity contribution in [3.63, 3.8) is 0 Å². The van der Waals surface area contributed by atoms with Crippen molar-refractivity contribution in [3.8, 4) is 0 Å². The first-order valence-corrected chi connectivity index (χ1v) is 8.18. The number of halogens is 1. The molecule has 0 aromatic heterocycles. The third-order valence-electron chi connectivity index (χ3n) is 4.69. The fraction of sp³-hybridized carbons (Fsp3) is 0.529. The number of carbonyl (C=O) groups is 2. The molecule has 2 aliphatic heterocycles. The first-order chi connectivity index (χ1) is 11.6. The van der Waals surface area contributed by atoms with Crippen LogP contribution in [0.4, 0.5) is 10.1 Å². The first kappa shape index (κ1) is 16.9. The predicted octanol–water partition coefficient (Wildman–Crippen LogP) is 0.722. The van der Waals surface area contributed by atoms with Gasteiger partial charge in [-0.15, -0.1) is 0 Å². The van der Waals surface area contributed by atoms with Crippen LogP contribution in [0.25, 0.3) is 0 Å². The lowest BCUT2D eigenvalue weighted by atomic mass is 10.1. The second-order valence-electron chi connectivity index (χ2n) is 6.10. The zero-order valence-corrected chi connectivity index (χ0v) is 13.8. The molecule has 6 nitrogen and oxygen atoms in total. The Balaban J connectivity index is 1.57. The molecule has 0 saturated carbocycles. The largest absolute Gasteiger partial charge is 0.383 e. The van der Waals surface area contributed by atoms with E-state index in [0.717, 1.165) is 18.8 Å². The molecule has 0 unspecified atom stereocenters. The number of methoxy groups -OCH3 is 1. The predicted molar refractivity (Wildman–Crippen MR) is 87.2 cm³/mol. The second-order valence-corrected chi connectivity index (χ2v) is 6.10. The van der Waals surface area contributed by atoms with Crippen molar-refractivity contribution in [1.82, 2.24) is 9.80 Å². The molecule has 2 aliphatic rings. The highest BCUT2D eigenvalue weighted by molar-refractivity contribution is 6.05. The molecule has 0 bridgehead atoms. The highest BCUT2D eigenvalue weighted by atomic mass is 19.1. The number of anilines is 1. The SMILES string of the molecule is COCCN1C(=O)C[C@@H](N2CCN(c3ccc(F)cc3)CC2)C1=O. The Morgan fingerprint density at radius 3 is 2.42 bits per heavy atom. The summed E-state index contributed by atoms with van der Waals surface area (Å²) in [6, 6.07) is 6.08. The molecule has 1 aromatic rings. The summed E-state index contributed by atoms with van der Waals surface area (Å²) in [6.07, 6.45) is 0.249. The van der Waals surface area contributed by atoms with E-state index in [-0.39, 0.29) is 30.1 Å². The minimum absolute atomic E-state index is 0.118. The van der Waals surface area contributed by atoms with Gasteiger partial charge in [0.15, 0.2) is 0 Å². The van der Waals surface area contributed by atoms with Crippen LogP contribution in [0, 0.1) is 5.82 Å². The summed E-state index contributed by atoms with van der Waals surface area (Å²) in [4.78, 5) is 30.0. The van der Waals surface area contributed by atoms with Crippen molar-refractivity contribution in [2.75, 3.05) is 51.3 Å². The number of piperazine rings is 1.